The zero-order chi connectivity index (χ0) is 14.2. The average Bonchev–Trinajstić information content (AvgIpc) is 2.82. The lowest BCUT2D eigenvalue weighted by atomic mass is 9.75. The first-order valence-electron chi connectivity index (χ1n) is 7.23. The summed E-state index contributed by atoms with van der Waals surface area (Å²) < 4.78 is 2.12. The zero-order valence-electron chi connectivity index (χ0n) is 12.0. The van der Waals surface area contributed by atoms with E-state index < -0.39 is 0 Å². The lowest BCUT2D eigenvalue weighted by Gasteiger charge is -2.35. The second-order valence-electron chi connectivity index (χ2n) is 6.42. The van der Waals surface area contributed by atoms with E-state index in [-0.39, 0.29) is 0 Å². The van der Waals surface area contributed by atoms with Gasteiger partial charge in [-0.3, -0.25) is 4.57 Å². The molecule has 0 spiro atoms. The van der Waals surface area contributed by atoms with Crippen LogP contribution in [-0.2, 0) is 0 Å². The van der Waals surface area contributed by atoms with E-state index in [1.54, 1.807) is 0 Å². The number of nitrogens with zero attached hydrogens (tertiary/aromatic N) is 3. The maximum absolute atomic E-state index is 6.29. The fraction of sp³-hybridized carbons (Fsp3) is 0.500. The third-order valence-corrected chi connectivity index (χ3v) is 4.62. The highest BCUT2D eigenvalue weighted by Crippen LogP contribution is 2.42. The molecule has 1 aromatic carbocycles. The lowest BCUT2D eigenvalue weighted by Crippen LogP contribution is -2.24. The largest absolute Gasteiger partial charge is 0.295 e. The molecule has 0 radical (unpaired) electrons. The standard InChI is InChI=1S/C16H20ClN3/c1-16(2)10-8-13(9-11-16)20-14(18-19-15(20)17)12-6-4-3-5-7-12/h3-7,13H,8-11H2,1-2H3. The van der Waals surface area contributed by atoms with Gasteiger partial charge in [0.2, 0.25) is 5.28 Å². The molecular weight excluding hydrogens is 270 g/mol. The second-order valence-corrected chi connectivity index (χ2v) is 6.76. The predicted molar refractivity (Wildman–Crippen MR) is 81.8 cm³/mol. The van der Waals surface area contributed by atoms with Gasteiger partial charge in [-0.15, -0.1) is 10.2 Å². The summed E-state index contributed by atoms with van der Waals surface area (Å²) in [5.74, 6) is 0.889. The Hall–Kier alpha value is -1.35. The summed E-state index contributed by atoms with van der Waals surface area (Å²) in [4.78, 5) is 0. The van der Waals surface area contributed by atoms with Gasteiger partial charge in [-0.2, -0.15) is 0 Å². The van der Waals surface area contributed by atoms with Crippen molar-refractivity contribution in [1.29, 1.82) is 0 Å². The van der Waals surface area contributed by atoms with Crippen LogP contribution in [0.25, 0.3) is 11.4 Å². The first-order valence-corrected chi connectivity index (χ1v) is 7.60. The van der Waals surface area contributed by atoms with E-state index in [1.165, 1.54) is 12.8 Å². The summed E-state index contributed by atoms with van der Waals surface area (Å²) in [7, 11) is 0. The minimum Gasteiger partial charge on any atom is -0.295 e. The summed E-state index contributed by atoms with van der Waals surface area (Å²) in [5, 5.41) is 8.87. The van der Waals surface area contributed by atoms with Crippen LogP contribution in [0.4, 0.5) is 0 Å². The van der Waals surface area contributed by atoms with Crippen LogP contribution in [0.3, 0.4) is 0 Å². The molecule has 1 saturated carbocycles. The molecule has 0 saturated heterocycles. The van der Waals surface area contributed by atoms with E-state index in [1.807, 2.05) is 18.2 Å². The highest BCUT2D eigenvalue weighted by molar-refractivity contribution is 6.28. The Morgan fingerprint density at radius 3 is 2.40 bits per heavy atom. The van der Waals surface area contributed by atoms with Crippen LogP contribution in [-0.4, -0.2) is 14.8 Å². The van der Waals surface area contributed by atoms with Crippen molar-refractivity contribution < 1.29 is 0 Å². The van der Waals surface area contributed by atoms with Gasteiger partial charge in [0.05, 0.1) is 0 Å². The summed E-state index contributed by atoms with van der Waals surface area (Å²) in [6, 6.07) is 10.6. The Morgan fingerprint density at radius 2 is 1.75 bits per heavy atom. The molecular formula is C16H20ClN3. The van der Waals surface area contributed by atoms with Crippen LogP contribution in [0.15, 0.2) is 30.3 Å². The molecule has 0 unspecified atom stereocenters. The molecule has 0 N–H and O–H groups in total. The average molecular weight is 290 g/mol. The highest BCUT2D eigenvalue weighted by atomic mass is 35.5. The molecule has 1 fully saturated rings. The van der Waals surface area contributed by atoms with Crippen LogP contribution in [0.1, 0.15) is 45.6 Å². The monoisotopic (exact) mass is 289 g/mol. The minimum absolute atomic E-state index is 0.417. The van der Waals surface area contributed by atoms with Gasteiger partial charge in [0, 0.05) is 11.6 Å². The fourth-order valence-electron chi connectivity index (χ4n) is 3.02. The van der Waals surface area contributed by atoms with Gasteiger partial charge in [-0.25, -0.2) is 0 Å². The van der Waals surface area contributed by atoms with Gasteiger partial charge < -0.3 is 0 Å². The van der Waals surface area contributed by atoms with Gasteiger partial charge in [0.1, 0.15) is 0 Å². The first-order chi connectivity index (χ1) is 9.57. The summed E-state index contributed by atoms with van der Waals surface area (Å²) in [6.45, 7) is 4.68. The van der Waals surface area contributed by atoms with Crippen LogP contribution in [0, 0.1) is 5.41 Å². The molecule has 0 aliphatic heterocycles. The third kappa shape index (κ3) is 2.59. The number of hydrogen-bond donors (Lipinski definition) is 0. The summed E-state index contributed by atoms with van der Waals surface area (Å²) in [5.41, 5.74) is 1.53. The molecule has 1 aromatic heterocycles. The van der Waals surface area contributed by atoms with E-state index in [4.69, 9.17) is 11.6 Å². The Labute approximate surface area is 125 Å². The maximum Gasteiger partial charge on any atom is 0.225 e. The lowest BCUT2D eigenvalue weighted by molar-refractivity contribution is 0.194. The van der Waals surface area contributed by atoms with Crippen molar-refractivity contribution >= 4 is 11.6 Å². The van der Waals surface area contributed by atoms with E-state index in [0.717, 1.165) is 24.2 Å². The van der Waals surface area contributed by atoms with Crippen molar-refractivity contribution in [2.24, 2.45) is 5.41 Å². The van der Waals surface area contributed by atoms with Gasteiger partial charge in [0.25, 0.3) is 0 Å². The van der Waals surface area contributed by atoms with Crippen LogP contribution >= 0.6 is 11.6 Å². The summed E-state index contributed by atoms with van der Waals surface area (Å²) in [6.07, 6.45) is 4.73. The van der Waals surface area contributed by atoms with Crippen molar-refractivity contribution in [3.63, 3.8) is 0 Å². The number of hydrogen-bond acceptors (Lipinski definition) is 2. The SMILES string of the molecule is CC1(C)CCC(n2c(Cl)nnc2-c2ccccc2)CC1. The zero-order valence-corrected chi connectivity index (χ0v) is 12.8. The molecule has 20 heavy (non-hydrogen) atoms. The summed E-state index contributed by atoms with van der Waals surface area (Å²) >= 11 is 6.29. The molecule has 3 rings (SSSR count). The first kappa shape index (κ1) is 13.6. The van der Waals surface area contributed by atoms with Gasteiger partial charge in [-0.05, 0) is 42.7 Å². The van der Waals surface area contributed by atoms with Crippen molar-refractivity contribution in [2.45, 2.75) is 45.6 Å². The predicted octanol–water partition coefficient (Wildman–Crippen LogP) is 4.74. The van der Waals surface area contributed by atoms with Crippen LogP contribution < -0.4 is 0 Å². The topological polar surface area (TPSA) is 30.7 Å². The second kappa shape index (κ2) is 5.21. The van der Waals surface area contributed by atoms with Gasteiger partial charge >= 0.3 is 0 Å². The van der Waals surface area contributed by atoms with E-state index in [0.29, 0.717) is 16.7 Å². The molecule has 0 amide bonds. The Balaban J connectivity index is 1.93. The van der Waals surface area contributed by atoms with Crippen LogP contribution in [0.5, 0.6) is 0 Å². The van der Waals surface area contributed by atoms with E-state index in [9.17, 15) is 0 Å². The Kier molecular flexibility index (Phi) is 3.55. The number of benzene rings is 1. The number of rotatable bonds is 2. The highest BCUT2D eigenvalue weighted by Gasteiger charge is 2.30. The normalized spacial score (nSPS) is 19.1. The molecule has 0 bridgehead atoms. The molecule has 0 atom stereocenters. The molecule has 106 valence electrons. The molecule has 3 nitrogen and oxygen atoms in total. The van der Waals surface area contributed by atoms with Crippen molar-refractivity contribution in [3.8, 4) is 11.4 Å². The molecule has 4 heteroatoms. The molecule has 1 heterocycles. The number of aromatic nitrogens is 3. The maximum atomic E-state index is 6.29. The van der Waals surface area contributed by atoms with Crippen molar-refractivity contribution in [3.05, 3.63) is 35.6 Å². The van der Waals surface area contributed by atoms with Crippen molar-refractivity contribution in [1.82, 2.24) is 14.8 Å². The molecule has 1 aliphatic rings. The molecule has 1 aliphatic carbocycles. The fourth-order valence-corrected chi connectivity index (χ4v) is 3.28. The Bertz CT molecular complexity index is 579. The van der Waals surface area contributed by atoms with Crippen molar-refractivity contribution in [2.75, 3.05) is 0 Å². The van der Waals surface area contributed by atoms with E-state index >= 15 is 0 Å². The van der Waals surface area contributed by atoms with E-state index in [2.05, 4.69) is 40.7 Å². The smallest absolute Gasteiger partial charge is 0.225 e. The quantitative estimate of drug-likeness (QED) is 0.799. The molecule has 2 aromatic rings. The third-order valence-electron chi connectivity index (χ3n) is 4.36. The van der Waals surface area contributed by atoms with Gasteiger partial charge in [-0.1, -0.05) is 44.2 Å². The van der Waals surface area contributed by atoms with Gasteiger partial charge in [0.15, 0.2) is 5.82 Å². The minimum atomic E-state index is 0.417. The Morgan fingerprint density at radius 1 is 1.10 bits per heavy atom. The number of halogens is 1. The van der Waals surface area contributed by atoms with Crippen LogP contribution in [0.2, 0.25) is 5.28 Å².